The largest absolute Gasteiger partial charge is 0.493 e. The molecular formula is C18H19Cl2NO4. The molecule has 1 amide bonds. The summed E-state index contributed by atoms with van der Waals surface area (Å²) in [6.45, 7) is 4.03. The summed E-state index contributed by atoms with van der Waals surface area (Å²) in [7, 11) is 1.54. The van der Waals surface area contributed by atoms with Crippen LogP contribution in [0.2, 0.25) is 10.0 Å². The first-order chi connectivity index (χ1) is 12.0. The second kappa shape index (κ2) is 8.83. The van der Waals surface area contributed by atoms with Crippen molar-refractivity contribution in [3.8, 4) is 17.2 Å². The molecular weight excluding hydrogens is 365 g/mol. The lowest BCUT2D eigenvalue weighted by Crippen LogP contribution is -2.30. The molecule has 0 fully saturated rings. The quantitative estimate of drug-likeness (QED) is 0.745. The molecule has 0 aliphatic rings. The third kappa shape index (κ3) is 4.94. The van der Waals surface area contributed by atoms with Crippen LogP contribution < -0.4 is 19.5 Å². The molecule has 0 aliphatic carbocycles. The van der Waals surface area contributed by atoms with E-state index in [0.29, 0.717) is 34.6 Å². The van der Waals surface area contributed by atoms with E-state index in [1.807, 2.05) is 6.92 Å². The fraction of sp³-hybridized carbons (Fsp3) is 0.278. The summed E-state index contributed by atoms with van der Waals surface area (Å²) < 4.78 is 16.3. The highest BCUT2D eigenvalue weighted by atomic mass is 35.5. The van der Waals surface area contributed by atoms with Crippen LogP contribution in [0.25, 0.3) is 0 Å². The van der Waals surface area contributed by atoms with Crippen LogP contribution in [-0.2, 0) is 4.79 Å². The average molecular weight is 384 g/mol. The molecule has 2 aromatic carbocycles. The van der Waals surface area contributed by atoms with Crippen LogP contribution in [0, 0.1) is 0 Å². The van der Waals surface area contributed by atoms with Crippen molar-refractivity contribution >= 4 is 34.8 Å². The van der Waals surface area contributed by atoms with E-state index >= 15 is 0 Å². The topological polar surface area (TPSA) is 56.8 Å². The Kier molecular flexibility index (Phi) is 6.79. The molecule has 5 nitrogen and oxygen atoms in total. The van der Waals surface area contributed by atoms with Gasteiger partial charge in [0.2, 0.25) is 0 Å². The van der Waals surface area contributed by atoms with E-state index < -0.39 is 6.10 Å². The SMILES string of the molecule is CCOc1ccc(NC(=O)C(C)Oc2cccc(Cl)c2Cl)cc1OC. The maximum absolute atomic E-state index is 12.3. The number of carbonyl (C=O) groups excluding carboxylic acids is 1. The highest BCUT2D eigenvalue weighted by Gasteiger charge is 2.18. The van der Waals surface area contributed by atoms with Crippen molar-refractivity contribution in [2.45, 2.75) is 20.0 Å². The maximum atomic E-state index is 12.3. The number of amides is 1. The van der Waals surface area contributed by atoms with Gasteiger partial charge in [0, 0.05) is 11.8 Å². The fourth-order valence-electron chi connectivity index (χ4n) is 2.08. The normalized spacial score (nSPS) is 11.6. The Morgan fingerprint density at radius 3 is 2.60 bits per heavy atom. The molecule has 1 atom stereocenters. The number of hydrogen-bond acceptors (Lipinski definition) is 4. The Balaban J connectivity index is 2.07. The van der Waals surface area contributed by atoms with Gasteiger partial charge in [-0.15, -0.1) is 0 Å². The molecule has 0 spiro atoms. The number of anilines is 1. The summed E-state index contributed by atoms with van der Waals surface area (Å²) in [5, 5.41) is 3.40. The van der Waals surface area contributed by atoms with Gasteiger partial charge in [-0.2, -0.15) is 0 Å². The van der Waals surface area contributed by atoms with Crippen molar-refractivity contribution in [3.05, 3.63) is 46.4 Å². The van der Waals surface area contributed by atoms with Crippen LogP contribution in [0.4, 0.5) is 5.69 Å². The summed E-state index contributed by atoms with van der Waals surface area (Å²) >= 11 is 12.0. The molecule has 2 aromatic rings. The molecule has 7 heteroatoms. The third-order valence-corrected chi connectivity index (χ3v) is 4.12. The van der Waals surface area contributed by atoms with Crippen molar-refractivity contribution in [1.82, 2.24) is 0 Å². The van der Waals surface area contributed by atoms with Crippen LogP contribution in [-0.4, -0.2) is 25.7 Å². The predicted octanol–water partition coefficient (Wildman–Crippen LogP) is 4.81. The molecule has 0 saturated heterocycles. The lowest BCUT2D eigenvalue weighted by atomic mass is 10.2. The van der Waals surface area contributed by atoms with Gasteiger partial charge in [-0.25, -0.2) is 0 Å². The first-order valence-electron chi connectivity index (χ1n) is 7.68. The third-order valence-electron chi connectivity index (χ3n) is 3.32. The summed E-state index contributed by atoms with van der Waals surface area (Å²) in [6.07, 6.45) is -0.770. The number of carbonyl (C=O) groups is 1. The molecule has 1 unspecified atom stereocenters. The van der Waals surface area contributed by atoms with Crippen molar-refractivity contribution in [3.63, 3.8) is 0 Å². The summed E-state index contributed by atoms with van der Waals surface area (Å²) in [4.78, 5) is 12.3. The van der Waals surface area contributed by atoms with Gasteiger partial charge in [-0.1, -0.05) is 29.3 Å². The second-order valence-electron chi connectivity index (χ2n) is 5.10. The lowest BCUT2D eigenvalue weighted by Gasteiger charge is -2.17. The number of nitrogens with one attached hydrogen (secondary N) is 1. The molecule has 0 bridgehead atoms. The Labute approximate surface area is 156 Å². The van der Waals surface area contributed by atoms with E-state index in [1.54, 1.807) is 43.3 Å². The number of halogens is 2. The van der Waals surface area contributed by atoms with Gasteiger partial charge in [0.15, 0.2) is 17.6 Å². The van der Waals surface area contributed by atoms with Crippen LogP contribution in [0.15, 0.2) is 36.4 Å². The highest BCUT2D eigenvalue weighted by Crippen LogP contribution is 2.33. The van der Waals surface area contributed by atoms with E-state index in [4.69, 9.17) is 37.4 Å². The standard InChI is InChI=1S/C18H19Cl2NO4/c1-4-24-14-9-8-12(10-16(14)23-3)21-18(22)11(2)25-15-7-5-6-13(19)17(15)20/h5-11H,4H2,1-3H3,(H,21,22). The van der Waals surface area contributed by atoms with Crippen LogP contribution in [0.1, 0.15) is 13.8 Å². The van der Waals surface area contributed by atoms with Gasteiger partial charge in [0.1, 0.15) is 10.8 Å². The minimum Gasteiger partial charge on any atom is -0.493 e. The lowest BCUT2D eigenvalue weighted by molar-refractivity contribution is -0.122. The van der Waals surface area contributed by atoms with Crippen molar-refractivity contribution in [1.29, 1.82) is 0 Å². The Hall–Kier alpha value is -2.11. The number of hydrogen-bond donors (Lipinski definition) is 1. The van der Waals surface area contributed by atoms with Gasteiger partial charge in [0.05, 0.1) is 18.7 Å². The zero-order valence-corrected chi connectivity index (χ0v) is 15.6. The molecule has 0 aromatic heterocycles. The minimum absolute atomic E-state index is 0.270. The van der Waals surface area contributed by atoms with E-state index in [9.17, 15) is 4.79 Å². The molecule has 2 rings (SSSR count). The fourth-order valence-corrected chi connectivity index (χ4v) is 2.42. The number of methoxy groups -OCH3 is 1. The van der Waals surface area contributed by atoms with Crippen LogP contribution in [0.3, 0.4) is 0 Å². The van der Waals surface area contributed by atoms with Crippen molar-refractivity contribution in [2.75, 3.05) is 19.0 Å². The zero-order chi connectivity index (χ0) is 18.4. The molecule has 0 saturated carbocycles. The predicted molar refractivity (Wildman–Crippen MR) is 99.3 cm³/mol. The summed E-state index contributed by atoms with van der Waals surface area (Å²) in [6, 6.07) is 10.1. The molecule has 25 heavy (non-hydrogen) atoms. The van der Waals surface area contributed by atoms with E-state index in [0.717, 1.165) is 0 Å². The number of benzene rings is 2. The van der Waals surface area contributed by atoms with Crippen molar-refractivity contribution in [2.24, 2.45) is 0 Å². The molecule has 0 aliphatic heterocycles. The zero-order valence-electron chi connectivity index (χ0n) is 14.1. The number of rotatable bonds is 7. The first kappa shape index (κ1) is 19.2. The van der Waals surface area contributed by atoms with Crippen LogP contribution in [0.5, 0.6) is 17.2 Å². The Morgan fingerprint density at radius 2 is 1.92 bits per heavy atom. The van der Waals surface area contributed by atoms with Gasteiger partial charge in [0.25, 0.3) is 5.91 Å². The number of ether oxygens (including phenoxy) is 3. The van der Waals surface area contributed by atoms with E-state index in [1.165, 1.54) is 7.11 Å². The van der Waals surface area contributed by atoms with E-state index in [2.05, 4.69) is 5.32 Å². The van der Waals surface area contributed by atoms with Gasteiger partial charge in [-0.05, 0) is 38.1 Å². The van der Waals surface area contributed by atoms with Crippen LogP contribution >= 0.6 is 23.2 Å². The minimum atomic E-state index is -0.770. The summed E-state index contributed by atoms with van der Waals surface area (Å²) in [5.41, 5.74) is 0.568. The Morgan fingerprint density at radius 1 is 1.16 bits per heavy atom. The van der Waals surface area contributed by atoms with Gasteiger partial charge >= 0.3 is 0 Å². The van der Waals surface area contributed by atoms with Gasteiger partial charge in [-0.3, -0.25) is 4.79 Å². The van der Waals surface area contributed by atoms with E-state index in [-0.39, 0.29) is 10.9 Å². The molecule has 0 heterocycles. The Bertz CT molecular complexity index is 752. The van der Waals surface area contributed by atoms with Gasteiger partial charge < -0.3 is 19.5 Å². The average Bonchev–Trinajstić information content (AvgIpc) is 2.60. The monoisotopic (exact) mass is 383 g/mol. The summed E-state index contributed by atoms with van der Waals surface area (Å²) in [5.74, 6) is 1.16. The first-order valence-corrected chi connectivity index (χ1v) is 8.44. The smallest absolute Gasteiger partial charge is 0.265 e. The molecule has 1 N–H and O–H groups in total. The second-order valence-corrected chi connectivity index (χ2v) is 5.89. The molecule has 0 radical (unpaired) electrons. The molecule has 134 valence electrons. The highest BCUT2D eigenvalue weighted by molar-refractivity contribution is 6.42. The van der Waals surface area contributed by atoms with Crippen molar-refractivity contribution < 1.29 is 19.0 Å². The maximum Gasteiger partial charge on any atom is 0.265 e.